The molecule has 0 bridgehead atoms. The lowest BCUT2D eigenvalue weighted by Gasteiger charge is -1.99. The molecule has 1 aliphatic heterocycles. The predicted molar refractivity (Wildman–Crippen MR) is 60.1 cm³/mol. The van der Waals surface area contributed by atoms with Gasteiger partial charge < -0.3 is 0 Å². The first kappa shape index (κ1) is 7.91. The second kappa shape index (κ2) is 3.35. The minimum Gasteiger partial charge on any atom is -0.259 e. The second-order valence-corrected chi connectivity index (χ2v) is 3.63. The Bertz CT molecular complexity index is 356. The van der Waals surface area contributed by atoms with Crippen LogP contribution < -0.4 is 0 Å². The Hall–Kier alpha value is -0.710. The lowest BCUT2D eigenvalue weighted by molar-refractivity contribution is 1.45. The van der Waals surface area contributed by atoms with Gasteiger partial charge >= 0.3 is 0 Å². The number of para-hydroxylation sites is 1. The topological polar surface area (TPSA) is 24.7 Å². The molecular formula is C9H7IN2. The van der Waals surface area contributed by atoms with Crippen LogP contribution in [0.15, 0.2) is 28.2 Å². The summed E-state index contributed by atoms with van der Waals surface area (Å²) in [6.45, 7) is 0. The summed E-state index contributed by atoms with van der Waals surface area (Å²) < 4.78 is 1.15. The zero-order chi connectivity index (χ0) is 8.39. The van der Waals surface area contributed by atoms with Gasteiger partial charge in [-0.3, -0.25) is 9.98 Å². The maximum Gasteiger partial charge on any atom is 0.101 e. The third-order valence-electron chi connectivity index (χ3n) is 1.63. The molecule has 0 radical (unpaired) electrons. The van der Waals surface area contributed by atoms with Gasteiger partial charge in [0.15, 0.2) is 0 Å². The van der Waals surface area contributed by atoms with Gasteiger partial charge in [0.1, 0.15) is 5.69 Å². The molecule has 12 heavy (non-hydrogen) atoms. The van der Waals surface area contributed by atoms with Crippen LogP contribution in [0.3, 0.4) is 0 Å². The van der Waals surface area contributed by atoms with E-state index in [4.69, 9.17) is 0 Å². The van der Waals surface area contributed by atoms with Gasteiger partial charge in [-0.25, -0.2) is 0 Å². The summed E-state index contributed by atoms with van der Waals surface area (Å²) in [6.07, 6.45) is 4.59. The van der Waals surface area contributed by atoms with Gasteiger partial charge in [0.25, 0.3) is 0 Å². The average Bonchev–Trinajstić information content (AvgIpc) is 2.30. The maximum atomic E-state index is 4.33. The Labute approximate surface area is 84.6 Å². The second-order valence-electron chi connectivity index (χ2n) is 2.47. The normalized spacial score (nSPS) is 14.1. The van der Waals surface area contributed by atoms with Crippen LogP contribution in [0.1, 0.15) is 6.42 Å². The number of benzene rings is 1. The van der Waals surface area contributed by atoms with Crippen LogP contribution in [-0.4, -0.2) is 12.4 Å². The van der Waals surface area contributed by atoms with E-state index in [1.165, 1.54) is 0 Å². The Morgan fingerprint density at radius 2 is 2.00 bits per heavy atom. The van der Waals surface area contributed by atoms with Crippen LogP contribution in [0.5, 0.6) is 0 Å². The first-order chi connectivity index (χ1) is 5.88. The molecular weight excluding hydrogens is 263 g/mol. The van der Waals surface area contributed by atoms with Gasteiger partial charge in [-0.15, -0.1) is 0 Å². The van der Waals surface area contributed by atoms with E-state index in [1.807, 2.05) is 30.6 Å². The van der Waals surface area contributed by atoms with E-state index in [0.717, 1.165) is 21.4 Å². The standard InChI is InChI=1S/C9H7IN2/c10-7-3-1-4-8-9(7)12-6-2-5-11-8/h1,3-6H,2H2. The fourth-order valence-electron chi connectivity index (χ4n) is 1.08. The molecule has 3 heteroatoms. The predicted octanol–water partition coefficient (Wildman–Crippen LogP) is 3.10. The molecule has 0 saturated heterocycles. The lowest BCUT2D eigenvalue weighted by atomic mass is 10.3. The Kier molecular flexibility index (Phi) is 2.21. The number of hydrogen-bond donors (Lipinski definition) is 0. The first-order valence-corrected chi connectivity index (χ1v) is 4.79. The van der Waals surface area contributed by atoms with E-state index in [1.54, 1.807) is 0 Å². The summed E-state index contributed by atoms with van der Waals surface area (Å²) in [7, 11) is 0. The highest BCUT2D eigenvalue weighted by molar-refractivity contribution is 14.1. The first-order valence-electron chi connectivity index (χ1n) is 3.71. The monoisotopic (exact) mass is 270 g/mol. The molecule has 0 spiro atoms. The molecule has 0 aromatic heterocycles. The summed E-state index contributed by atoms with van der Waals surface area (Å²) in [5, 5.41) is 0. The van der Waals surface area contributed by atoms with Crippen molar-refractivity contribution in [2.45, 2.75) is 6.42 Å². The van der Waals surface area contributed by atoms with Crippen molar-refractivity contribution in [2.75, 3.05) is 0 Å². The van der Waals surface area contributed by atoms with Gasteiger partial charge in [0.05, 0.1) is 5.69 Å². The molecule has 60 valence electrons. The molecule has 0 fully saturated rings. The number of fused-ring (bicyclic) bond motifs is 1. The molecule has 0 unspecified atom stereocenters. The van der Waals surface area contributed by atoms with E-state index in [9.17, 15) is 0 Å². The number of aliphatic imine (C=N–C) groups is 2. The van der Waals surface area contributed by atoms with Crippen molar-refractivity contribution < 1.29 is 0 Å². The summed E-state index contributed by atoms with van der Waals surface area (Å²) in [6, 6.07) is 6.02. The summed E-state index contributed by atoms with van der Waals surface area (Å²) in [5.41, 5.74) is 1.96. The quantitative estimate of drug-likeness (QED) is 0.647. The maximum absolute atomic E-state index is 4.33. The molecule has 2 nitrogen and oxygen atoms in total. The third kappa shape index (κ3) is 1.41. The van der Waals surface area contributed by atoms with E-state index in [-0.39, 0.29) is 0 Å². The van der Waals surface area contributed by atoms with Crippen molar-refractivity contribution in [3.05, 3.63) is 21.8 Å². The Balaban J connectivity index is 2.65. The summed E-state index contributed by atoms with van der Waals surface area (Å²) in [4.78, 5) is 8.62. The largest absolute Gasteiger partial charge is 0.259 e. The number of rotatable bonds is 0. The highest BCUT2D eigenvalue weighted by Gasteiger charge is 2.03. The van der Waals surface area contributed by atoms with Gasteiger partial charge in [0, 0.05) is 22.4 Å². The molecule has 0 N–H and O–H groups in total. The number of nitrogens with zero attached hydrogens (tertiary/aromatic N) is 2. The molecule has 0 atom stereocenters. The summed E-state index contributed by atoms with van der Waals surface area (Å²) in [5.74, 6) is 0. The van der Waals surface area contributed by atoms with Crippen LogP contribution in [0.25, 0.3) is 0 Å². The zero-order valence-corrected chi connectivity index (χ0v) is 8.52. The minimum absolute atomic E-state index is 0.824. The average molecular weight is 270 g/mol. The minimum atomic E-state index is 0.824. The SMILES string of the molecule is Ic1cccc2c1N=CCC=N2. The van der Waals surface area contributed by atoms with E-state index in [2.05, 4.69) is 32.6 Å². The van der Waals surface area contributed by atoms with Crippen LogP contribution in [0, 0.1) is 3.57 Å². The Morgan fingerprint density at radius 3 is 2.92 bits per heavy atom. The fraction of sp³-hybridized carbons (Fsp3) is 0.111. The van der Waals surface area contributed by atoms with Gasteiger partial charge in [-0.05, 0) is 34.7 Å². The molecule has 0 amide bonds. The van der Waals surface area contributed by atoms with Crippen LogP contribution in [0.2, 0.25) is 0 Å². The lowest BCUT2D eigenvalue weighted by Crippen LogP contribution is -1.73. The molecule has 2 rings (SSSR count). The van der Waals surface area contributed by atoms with Gasteiger partial charge in [0.2, 0.25) is 0 Å². The number of halogens is 1. The highest BCUT2D eigenvalue weighted by Crippen LogP contribution is 2.33. The number of hydrogen-bond acceptors (Lipinski definition) is 2. The van der Waals surface area contributed by atoms with Crippen LogP contribution in [0.4, 0.5) is 11.4 Å². The Morgan fingerprint density at radius 1 is 1.17 bits per heavy atom. The van der Waals surface area contributed by atoms with E-state index < -0.39 is 0 Å². The van der Waals surface area contributed by atoms with E-state index in [0.29, 0.717) is 0 Å². The van der Waals surface area contributed by atoms with Crippen molar-refractivity contribution in [1.82, 2.24) is 0 Å². The molecule has 1 aliphatic rings. The molecule has 1 heterocycles. The smallest absolute Gasteiger partial charge is 0.101 e. The molecule has 0 saturated carbocycles. The van der Waals surface area contributed by atoms with Crippen LogP contribution >= 0.6 is 22.6 Å². The van der Waals surface area contributed by atoms with Crippen molar-refractivity contribution >= 4 is 46.4 Å². The van der Waals surface area contributed by atoms with Crippen molar-refractivity contribution in [1.29, 1.82) is 0 Å². The van der Waals surface area contributed by atoms with Crippen molar-refractivity contribution in [2.24, 2.45) is 9.98 Å². The van der Waals surface area contributed by atoms with E-state index >= 15 is 0 Å². The van der Waals surface area contributed by atoms with Crippen molar-refractivity contribution in [3.63, 3.8) is 0 Å². The third-order valence-corrected chi connectivity index (χ3v) is 2.50. The van der Waals surface area contributed by atoms with Gasteiger partial charge in [-0.1, -0.05) is 6.07 Å². The van der Waals surface area contributed by atoms with Crippen molar-refractivity contribution in [3.8, 4) is 0 Å². The molecule has 1 aromatic rings. The summed E-state index contributed by atoms with van der Waals surface area (Å²) >= 11 is 2.27. The fourth-order valence-corrected chi connectivity index (χ4v) is 1.70. The zero-order valence-electron chi connectivity index (χ0n) is 6.37. The van der Waals surface area contributed by atoms with Gasteiger partial charge in [-0.2, -0.15) is 0 Å². The molecule has 0 aliphatic carbocycles. The highest BCUT2D eigenvalue weighted by atomic mass is 127. The van der Waals surface area contributed by atoms with Crippen LogP contribution in [-0.2, 0) is 0 Å². The molecule has 1 aromatic carbocycles.